The molecule has 0 atom stereocenters. The van der Waals surface area contributed by atoms with Gasteiger partial charge in [0.1, 0.15) is 5.82 Å². The van der Waals surface area contributed by atoms with Gasteiger partial charge in [0.25, 0.3) is 0 Å². The van der Waals surface area contributed by atoms with Gasteiger partial charge in [0.15, 0.2) is 5.65 Å². The number of anilines is 3. The fraction of sp³-hybridized carbons (Fsp3) is 0.182. The van der Waals surface area contributed by atoms with Crippen molar-refractivity contribution < 1.29 is 4.74 Å². The van der Waals surface area contributed by atoms with E-state index in [0.29, 0.717) is 15.7 Å². The summed E-state index contributed by atoms with van der Waals surface area (Å²) in [6.45, 7) is 3.38. The molecule has 5 rings (SSSR count). The highest BCUT2D eigenvalue weighted by atomic mass is 35.5. The number of morpholine rings is 1. The summed E-state index contributed by atoms with van der Waals surface area (Å²) in [5.74, 6) is 0.724. The van der Waals surface area contributed by atoms with Crippen molar-refractivity contribution in [3.63, 3.8) is 0 Å². The van der Waals surface area contributed by atoms with Crippen LogP contribution in [0.1, 0.15) is 0 Å². The number of nitrogens with zero attached hydrogens (tertiary/aromatic N) is 4. The van der Waals surface area contributed by atoms with E-state index in [2.05, 4.69) is 39.6 Å². The maximum absolute atomic E-state index is 6.41. The van der Waals surface area contributed by atoms with E-state index in [1.807, 2.05) is 24.4 Å². The third-order valence-electron chi connectivity index (χ3n) is 5.13. The van der Waals surface area contributed by atoms with Gasteiger partial charge in [-0.1, -0.05) is 35.3 Å². The van der Waals surface area contributed by atoms with Crippen molar-refractivity contribution in [2.24, 2.45) is 0 Å². The predicted octanol–water partition coefficient (Wildman–Crippen LogP) is 5.28. The van der Waals surface area contributed by atoms with Crippen LogP contribution in [0.3, 0.4) is 0 Å². The number of rotatable bonds is 4. The molecule has 8 heteroatoms. The van der Waals surface area contributed by atoms with Crippen molar-refractivity contribution >= 4 is 46.0 Å². The van der Waals surface area contributed by atoms with E-state index in [-0.39, 0.29) is 0 Å². The summed E-state index contributed by atoms with van der Waals surface area (Å²) < 4.78 is 7.14. The molecule has 1 N–H and O–H groups in total. The maximum atomic E-state index is 6.41. The lowest BCUT2D eigenvalue weighted by atomic mass is 10.1. The molecule has 0 amide bonds. The van der Waals surface area contributed by atoms with Gasteiger partial charge in [-0.2, -0.15) is 5.10 Å². The van der Waals surface area contributed by atoms with E-state index < -0.39 is 0 Å². The largest absolute Gasteiger partial charge is 0.378 e. The first kappa shape index (κ1) is 19.2. The molecular formula is C22H19Cl2N5O. The van der Waals surface area contributed by atoms with E-state index in [1.54, 1.807) is 16.8 Å². The molecule has 1 saturated heterocycles. The quantitative estimate of drug-likeness (QED) is 0.468. The number of halogens is 2. The Morgan fingerprint density at radius 1 is 0.933 bits per heavy atom. The maximum Gasteiger partial charge on any atom is 0.165 e. The molecule has 2 aromatic heterocycles. The summed E-state index contributed by atoms with van der Waals surface area (Å²) in [4.78, 5) is 7.07. The third kappa shape index (κ3) is 3.69. The molecule has 4 aromatic rings. The molecule has 1 fully saturated rings. The Balaban J connectivity index is 1.42. The van der Waals surface area contributed by atoms with Gasteiger partial charge in [0.2, 0.25) is 0 Å². The Kier molecular flexibility index (Phi) is 5.21. The molecule has 0 spiro atoms. The van der Waals surface area contributed by atoms with Crippen molar-refractivity contribution in [3.8, 4) is 11.1 Å². The van der Waals surface area contributed by atoms with Crippen LogP contribution in [0.5, 0.6) is 0 Å². The highest BCUT2D eigenvalue weighted by Crippen LogP contribution is 2.35. The van der Waals surface area contributed by atoms with Gasteiger partial charge >= 0.3 is 0 Å². The van der Waals surface area contributed by atoms with E-state index in [1.165, 1.54) is 5.69 Å². The van der Waals surface area contributed by atoms with Gasteiger partial charge in [-0.15, -0.1) is 0 Å². The number of aromatic nitrogens is 3. The Bertz CT molecular complexity index is 1190. The lowest BCUT2D eigenvalue weighted by Crippen LogP contribution is -2.36. The van der Waals surface area contributed by atoms with Gasteiger partial charge in [-0.3, -0.25) is 0 Å². The fourth-order valence-corrected chi connectivity index (χ4v) is 3.97. The van der Waals surface area contributed by atoms with Crippen molar-refractivity contribution in [1.29, 1.82) is 0 Å². The average molecular weight is 440 g/mol. The Hall–Kier alpha value is -2.80. The van der Waals surface area contributed by atoms with Crippen molar-refractivity contribution in [1.82, 2.24) is 14.6 Å². The average Bonchev–Trinajstić information content (AvgIpc) is 3.20. The zero-order chi connectivity index (χ0) is 20.5. The number of nitrogens with one attached hydrogen (secondary N) is 1. The molecule has 0 radical (unpaired) electrons. The van der Waals surface area contributed by atoms with Crippen LogP contribution in [0.25, 0.3) is 16.8 Å². The SMILES string of the molecule is Clc1cccc(-c2cnn3ccc(Nc4ccc(N5CCOCC5)cc4)nc23)c1Cl. The first-order valence-corrected chi connectivity index (χ1v) is 10.4. The minimum atomic E-state index is 0.493. The molecule has 30 heavy (non-hydrogen) atoms. The molecule has 0 aliphatic carbocycles. The fourth-order valence-electron chi connectivity index (χ4n) is 3.57. The first-order chi connectivity index (χ1) is 14.7. The summed E-state index contributed by atoms with van der Waals surface area (Å²) in [7, 11) is 0. The van der Waals surface area contributed by atoms with Crippen LogP contribution >= 0.6 is 23.2 Å². The number of ether oxygens (including phenoxy) is 1. The van der Waals surface area contributed by atoms with E-state index in [9.17, 15) is 0 Å². The zero-order valence-electron chi connectivity index (χ0n) is 16.1. The molecule has 2 aromatic carbocycles. The standard InChI is InChI=1S/C22H19Cl2N5O/c23-19-3-1-2-17(21(19)24)18-14-25-29-9-8-20(27-22(18)29)26-15-4-6-16(7-5-15)28-10-12-30-13-11-28/h1-9,14H,10-13H2,(H,26,27). The van der Waals surface area contributed by atoms with Crippen LogP contribution in [0, 0.1) is 0 Å². The normalized spacial score (nSPS) is 14.3. The number of benzene rings is 2. The second kappa shape index (κ2) is 8.14. The Morgan fingerprint density at radius 2 is 1.73 bits per heavy atom. The minimum absolute atomic E-state index is 0.493. The number of hydrogen-bond donors (Lipinski definition) is 1. The van der Waals surface area contributed by atoms with Crippen molar-refractivity contribution in [2.75, 3.05) is 36.5 Å². The van der Waals surface area contributed by atoms with E-state index in [4.69, 9.17) is 32.9 Å². The van der Waals surface area contributed by atoms with Crippen molar-refractivity contribution in [3.05, 3.63) is 71.0 Å². The summed E-state index contributed by atoms with van der Waals surface area (Å²) in [6.07, 6.45) is 3.62. The minimum Gasteiger partial charge on any atom is -0.378 e. The second-order valence-corrected chi connectivity index (χ2v) is 7.80. The zero-order valence-corrected chi connectivity index (χ0v) is 17.6. The van der Waals surface area contributed by atoms with Crippen LogP contribution in [0.4, 0.5) is 17.2 Å². The highest BCUT2D eigenvalue weighted by molar-refractivity contribution is 6.43. The molecular weight excluding hydrogens is 421 g/mol. The molecule has 6 nitrogen and oxygen atoms in total. The molecule has 0 bridgehead atoms. The molecule has 0 saturated carbocycles. The van der Waals surface area contributed by atoms with Crippen LogP contribution in [0.15, 0.2) is 60.9 Å². The molecule has 1 aliphatic heterocycles. The van der Waals surface area contributed by atoms with E-state index in [0.717, 1.165) is 48.9 Å². The smallest absolute Gasteiger partial charge is 0.165 e. The summed E-state index contributed by atoms with van der Waals surface area (Å²) in [6, 6.07) is 15.8. The predicted molar refractivity (Wildman–Crippen MR) is 121 cm³/mol. The van der Waals surface area contributed by atoms with E-state index >= 15 is 0 Å². The topological polar surface area (TPSA) is 54.7 Å². The number of fused-ring (bicyclic) bond motifs is 1. The molecule has 3 heterocycles. The van der Waals surface area contributed by atoms with Gasteiger partial charge in [-0.05, 0) is 36.4 Å². The molecule has 0 unspecified atom stereocenters. The first-order valence-electron chi connectivity index (χ1n) is 9.67. The molecule has 1 aliphatic rings. The van der Waals surface area contributed by atoms with Crippen LogP contribution in [0.2, 0.25) is 10.0 Å². The monoisotopic (exact) mass is 439 g/mol. The van der Waals surface area contributed by atoms with Gasteiger partial charge in [0, 0.05) is 41.8 Å². The Labute approximate surface area is 184 Å². The number of hydrogen-bond acceptors (Lipinski definition) is 5. The highest BCUT2D eigenvalue weighted by Gasteiger charge is 2.14. The van der Waals surface area contributed by atoms with Crippen LogP contribution < -0.4 is 10.2 Å². The van der Waals surface area contributed by atoms with Gasteiger partial charge in [0.05, 0.1) is 29.5 Å². The van der Waals surface area contributed by atoms with Crippen LogP contribution in [-0.4, -0.2) is 40.9 Å². The summed E-state index contributed by atoms with van der Waals surface area (Å²) in [5, 5.41) is 8.75. The van der Waals surface area contributed by atoms with Gasteiger partial charge < -0.3 is 15.0 Å². The van der Waals surface area contributed by atoms with Crippen molar-refractivity contribution in [2.45, 2.75) is 0 Å². The lowest BCUT2D eigenvalue weighted by molar-refractivity contribution is 0.122. The lowest BCUT2D eigenvalue weighted by Gasteiger charge is -2.28. The summed E-state index contributed by atoms with van der Waals surface area (Å²) >= 11 is 12.6. The molecule has 152 valence electrons. The summed E-state index contributed by atoms with van der Waals surface area (Å²) in [5.41, 5.74) is 4.49. The van der Waals surface area contributed by atoms with Crippen LogP contribution in [-0.2, 0) is 4.74 Å². The Morgan fingerprint density at radius 3 is 2.53 bits per heavy atom. The third-order valence-corrected chi connectivity index (χ3v) is 5.95. The van der Waals surface area contributed by atoms with Gasteiger partial charge in [-0.25, -0.2) is 9.50 Å². The second-order valence-electron chi connectivity index (χ2n) is 7.01.